The maximum atomic E-state index is 13.9. The minimum absolute atomic E-state index is 0.114. The van der Waals surface area contributed by atoms with Crippen LogP contribution in [0.15, 0.2) is 78.9 Å². The first-order valence-electron chi connectivity index (χ1n) is 11.6. The molecule has 2 aliphatic heterocycles. The first-order chi connectivity index (χ1) is 16.8. The van der Waals surface area contributed by atoms with Crippen molar-refractivity contribution in [1.29, 1.82) is 0 Å². The van der Waals surface area contributed by atoms with Gasteiger partial charge in [-0.2, -0.15) is 0 Å². The van der Waals surface area contributed by atoms with E-state index in [1.165, 1.54) is 29.2 Å². The van der Waals surface area contributed by atoms with Gasteiger partial charge in [0, 0.05) is 16.6 Å². The van der Waals surface area contributed by atoms with Gasteiger partial charge in [-0.3, -0.25) is 14.4 Å². The van der Waals surface area contributed by atoms with Crippen molar-refractivity contribution in [3.05, 3.63) is 101 Å². The van der Waals surface area contributed by atoms with Crippen molar-refractivity contribution in [1.82, 2.24) is 4.90 Å². The van der Waals surface area contributed by atoms with Crippen LogP contribution in [0.4, 0.5) is 10.1 Å². The minimum atomic E-state index is -0.749. The summed E-state index contributed by atoms with van der Waals surface area (Å²) in [5.41, 5.74) is 1.54. The van der Waals surface area contributed by atoms with Gasteiger partial charge in [-0.05, 0) is 60.0 Å². The van der Waals surface area contributed by atoms with Gasteiger partial charge in [0.25, 0.3) is 5.91 Å². The third-order valence-corrected chi connectivity index (χ3v) is 7.21. The molecular weight excluding hydrogens is 467 g/mol. The summed E-state index contributed by atoms with van der Waals surface area (Å²) in [4.78, 5) is 44.4. The molecule has 2 fully saturated rings. The van der Waals surface area contributed by atoms with E-state index in [1.807, 2.05) is 19.9 Å². The van der Waals surface area contributed by atoms with Gasteiger partial charge in [-0.15, -0.1) is 0 Å². The van der Waals surface area contributed by atoms with E-state index in [0.29, 0.717) is 16.3 Å². The number of imide groups is 1. The maximum absolute atomic E-state index is 13.9. The Morgan fingerprint density at radius 3 is 2.06 bits per heavy atom. The van der Waals surface area contributed by atoms with Crippen molar-refractivity contribution in [3.8, 4) is 0 Å². The molecule has 0 aliphatic carbocycles. The summed E-state index contributed by atoms with van der Waals surface area (Å²) in [7, 11) is 0. The van der Waals surface area contributed by atoms with E-state index < -0.39 is 29.7 Å². The summed E-state index contributed by atoms with van der Waals surface area (Å²) in [5.74, 6) is -2.99. The Balaban J connectivity index is 1.66. The van der Waals surface area contributed by atoms with Crippen molar-refractivity contribution in [2.24, 2.45) is 17.8 Å². The molecule has 0 N–H and O–H groups in total. The molecule has 35 heavy (non-hydrogen) atoms. The Labute approximate surface area is 208 Å². The SMILES string of the molecule is CC(C)C1C2C(=O)N(c3ccccc3)C(=O)C2C(c2ccc(Cl)cc2)N1C(=O)c1ccc(F)cc1. The van der Waals surface area contributed by atoms with Gasteiger partial charge in [0.1, 0.15) is 5.82 Å². The normalized spacial score (nSPS) is 23.8. The zero-order valence-corrected chi connectivity index (χ0v) is 20.0. The number of nitrogens with zero attached hydrogens (tertiary/aromatic N) is 2. The summed E-state index contributed by atoms with van der Waals surface area (Å²) < 4.78 is 13.6. The molecule has 2 aliphatic rings. The summed E-state index contributed by atoms with van der Waals surface area (Å²) >= 11 is 6.13. The standard InChI is InChI=1S/C28H24ClFN2O3/c1-16(2)24-22-23(28(35)31(27(22)34)21-6-4-3-5-7-21)25(17-8-12-19(29)13-9-17)32(24)26(33)18-10-14-20(30)15-11-18/h3-16,22-25H,1-2H3. The molecule has 4 atom stereocenters. The van der Waals surface area contributed by atoms with Crippen molar-refractivity contribution in [2.75, 3.05) is 4.90 Å². The quantitative estimate of drug-likeness (QED) is 0.453. The number of hydrogen-bond acceptors (Lipinski definition) is 3. The lowest BCUT2D eigenvalue weighted by molar-refractivity contribution is -0.124. The summed E-state index contributed by atoms with van der Waals surface area (Å²) in [6.07, 6.45) is 0. The molecule has 5 rings (SSSR count). The van der Waals surface area contributed by atoms with Crippen LogP contribution < -0.4 is 4.90 Å². The van der Waals surface area contributed by atoms with E-state index in [0.717, 1.165) is 5.56 Å². The lowest BCUT2D eigenvalue weighted by Gasteiger charge is -2.36. The number of fused-ring (bicyclic) bond motifs is 1. The van der Waals surface area contributed by atoms with Crippen molar-refractivity contribution >= 4 is 35.0 Å². The fraction of sp³-hybridized carbons (Fsp3) is 0.250. The molecule has 4 unspecified atom stereocenters. The van der Waals surface area contributed by atoms with E-state index in [2.05, 4.69) is 0 Å². The molecule has 3 aromatic rings. The average molecular weight is 491 g/mol. The highest BCUT2D eigenvalue weighted by Crippen LogP contribution is 2.53. The molecule has 2 saturated heterocycles. The topological polar surface area (TPSA) is 57.7 Å². The Bertz CT molecular complexity index is 1280. The molecule has 0 radical (unpaired) electrons. The predicted octanol–water partition coefficient (Wildman–Crippen LogP) is 5.51. The van der Waals surface area contributed by atoms with Crippen molar-refractivity contribution in [2.45, 2.75) is 25.9 Å². The van der Waals surface area contributed by atoms with E-state index in [-0.39, 0.29) is 23.6 Å². The van der Waals surface area contributed by atoms with Gasteiger partial charge < -0.3 is 4.90 Å². The second kappa shape index (κ2) is 8.93. The lowest BCUT2D eigenvalue weighted by atomic mass is 9.83. The van der Waals surface area contributed by atoms with Crippen LogP contribution >= 0.6 is 11.6 Å². The zero-order chi connectivity index (χ0) is 24.9. The summed E-state index contributed by atoms with van der Waals surface area (Å²) in [6, 6.07) is 20.0. The highest BCUT2D eigenvalue weighted by Gasteiger charge is 2.64. The van der Waals surface area contributed by atoms with Crippen LogP contribution in [0.1, 0.15) is 35.8 Å². The predicted molar refractivity (Wildman–Crippen MR) is 131 cm³/mol. The van der Waals surface area contributed by atoms with Gasteiger partial charge >= 0.3 is 0 Å². The largest absolute Gasteiger partial charge is 0.327 e. The third kappa shape index (κ3) is 3.82. The highest BCUT2D eigenvalue weighted by atomic mass is 35.5. The van der Waals surface area contributed by atoms with Crippen molar-refractivity contribution in [3.63, 3.8) is 0 Å². The Kier molecular flexibility index (Phi) is 5.93. The van der Waals surface area contributed by atoms with Gasteiger partial charge in [0.15, 0.2) is 0 Å². The molecule has 5 nitrogen and oxygen atoms in total. The Hall–Kier alpha value is -3.51. The smallest absolute Gasteiger partial charge is 0.254 e. The lowest BCUT2D eigenvalue weighted by Crippen LogP contribution is -2.47. The first kappa shape index (κ1) is 23.2. The molecule has 178 valence electrons. The number of amides is 3. The van der Waals surface area contributed by atoms with Crippen LogP contribution in [0.5, 0.6) is 0 Å². The van der Waals surface area contributed by atoms with Gasteiger partial charge in [0.05, 0.1) is 23.6 Å². The number of para-hydroxylation sites is 1. The van der Waals surface area contributed by atoms with Crippen LogP contribution in [0, 0.1) is 23.6 Å². The number of benzene rings is 3. The van der Waals surface area contributed by atoms with E-state index in [9.17, 15) is 18.8 Å². The number of carbonyl (C=O) groups is 3. The Morgan fingerprint density at radius 2 is 1.46 bits per heavy atom. The molecule has 3 aromatic carbocycles. The molecule has 3 amide bonds. The number of hydrogen-bond donors (Lipinski definition) is 0. The summed E-state index contributed by atoms with van der Waals surface area (Å²) in [6.45, 7) is 3.89. The number of likely N-dealkylation sites (tertiary alicyclic amines) is 1. The highest BCUT2D eigenvalue weighted by molar-refractivity contribution is 6.30. The Morgan fingerprint density at radius 1 is 0.857 bits per heavy atom. The number of anilines is 1. The molecule has 0 spiro atoms. The van der Waals surface area contributed by atoms with Crippen LogP contribution in [0.25, 0.3) is 0 Å². The fourth-order valence-electron chi connectivity index (χ4n) is 5.53. The van der Waals surface area contributed by atoms with Crippen LogP contribution in [0.2, 0.25) is 5.02 Å². The minimum Gasteiger partial charge on any atom is -0.327 e. The molecule has 2 heterocycles. The zero-order valence-electron chi connectivity index (χ0n) is 19.3. The van der Waals surface area contributed by atoms with Crippen LogP contribution in [-0.4, -0.2) is 28.7 Å². The first-order valence-corrected chi connectivity index (χ1v) is 11.9. The van der Waals surface area contributed by atoms with E-state index in [1.54, 1.807) is 53.4 Å². The van der Waals surface area contributed by atoms with Crippen LogP contribution in [0.3, 0.4) is 0 Å². The number of rotatable bonds is 4. The number of halogens is 2. The molecule has 0 aromatic heterocycles. The van der Waals surface area contributed by atoms with Crippen LogP contribution in [-0.2, 0) is 9.59 Å². The number of carbonyl (C=O) groups excluding carboxylic acids is 3. The molecule has 0 bridgehead atoms. The maximum Gasteiger partial charge on any atom is 0.254 e. The van der Waals surface area contributed by atoms with Gasteiger partial charge in [0.2, 0.25) is 11.8 Å². The second-order valence-corrected chi connectivity index (χ2v) is 9.79. The molecular formula is C28H24ClFN2O3. The van der Waals surface area contributed by atoms with Gasteiger partial charge in [-0.25, -0.2) is 9.29 Å². The third-order valence-electron chi connectivity index (χ3n) is 6.96. The summed E-state index contributed by atoms with van der Waals surface area (Å²) in [5, 5.41) is 0.528. The van der Waals surface area contributed by atoms with E-state index >= 15 is 0 Å². The van der Waals surface area contributed by atoms with Crippen molar-refractivity contribution < 1.29 is 18.8 Å². The molecule has 0 saturated carbocycles. The monoisotopic (exact) mass is 490 g/mol. The van der Waals surface area contributed by atoms with E-state index in [4.69, 9.17) is 11.6 Å². The fourth-order valence-corrected chi connectivity index (χ4v) is 5.66. The average Bonchev–Trinajstić information content (AvgIpc) is 3.33. The second-order valence-electron chi connectivity index (χ2n) is 9.35. The van der Waals surface area contributed by atoms with Gasteiger partial charge in [-0.1, -0.05) is 55.8 Å². The molecule has 7 heteroatoms.